The molecule has 0 bridgehead atoms. The number of esters is 3. The van der Waals surface area contributed by atoms with E-state index in [1.54, 1.807) is 0 Å². The molecule has 0 N–H and O–H groups in total. The van der Waals surface area contributed by atoms with Crippen molar-refractivity contribution in [1.29, 1.82) is 0 Å². The quantitative estimate of drug-likeness (QED) is 0.0248. The van der Waals surface area contributed by atoms with E-state index in [1.165, 1.54) is 51.4 Å². The van der Waals surface area contributed by atoms with E-state index in [4.69, 9.17) is 42.6 Å². The minimum atomic E-state index is -0.170. The van der Waals surface area contributed by atoms with Gasteiger partial charge in [-0.3, -0.25) is 14.4 Å². The zero-order valence-electron chi connectivity index (χ0n) is 44.8. The maximum absolute atomic E-state index is 12.1. The van der Waals surface area contributed by atoms with Crippen molar-refractivity contribution in [2.24, 2.45) is 0 Å². The molecule has 0 aromatic heterocycles. The van der Waals surface area contributed by atoms with Gasteiger partial charge >= 0.3 is 17.9 Å². The number of nitrogens with zero attached hydrogens (tertiary/aromatic N) is 1. The molecule has 0 radical (unpaired) electrons. The lowest BCUT2D eigenvalue weighted by Gasteiger charge is -2.20. The standard InChI is InChI=1S/C56H105NO12/c1-5-9-11-13-15-22-31-41-67-54(58)33-25-19-17-21-29-39-64-51-53(66-40-30-24-18-20-26-34-55(59)68-42-32-23-16-14-12-10-6-2)52-65-48-47-62-44-43-61-45-46-63-49-50-69-56(60)35-27-28-38-57(36-7-3)37-8-4/h22-23,31-32,53H,5-21,24-30,33-52H2,1-4H3/b31-22-,32-23-. The van der Waals surface area contributed by atoms with Gasteiger partial charge < -0.3 is 47.5 Å². The van der Waals surface area contributed by atoms with Crippen LogP contribution in [-0.4, -0.2) is 141 Å². The topological polar surface area (TPSA) is 138 Å². The number of allylic oxidation sites excluding steroid dienone is 2. The van der Waals surface area contributed by atoms with E-state index in [2.05, 4.69) is 44.7 Å². The Labute approximate surface area is 422 Å². The number of hydrogen-bond acceptors (Lipinski definition) is 13. The molecule has 0 saturated heterocycles. The first-order chi connectivity index (χ1) is 34.0. The van der Waals surface area contributed by atoms with Crippen LogP contribution in [0.25, 0.3) is 0 Å². The van der Waals surface area contributed by atoms with Gasteiger partial charge in [0, 0.05) is 32.5 Å². The summed E-state index contributed by atoms with van der Waals surface area (Å²) in [5.41, 5.74) is 0. The number of carbonyl (C=O) groups excluding carboxylic acids is 3. The Kier molecular flexibility index (Phi) is 54.6. The van der Waals surface area contributed by atoms with Crippen LogP contribution in [0.15, 0.2) is 24.3 Å². The second-order valence-corrected chi connectivity index (χ2v) is 18.0. The SMILES string of the molecule is CCCCCC/C=C\COC(=O)CCCCCCCOCC(COCCOCCOCCOCCOC(=O)CCCCN(CCC)CCC)OCCCCCCCC(=O)OC/C=C\CCCCCC. The summed E-state index contributed by atoms with van der Waals surface area (Å²) >= 11 is 0. The summed E-state index contributed by atoms with van der Waals surface area (Å²) < 4.78 is 50.9. The van der Waals surface area contributed by atoms with E-state index < -0.39 is 0 Å². The summed E-state index contributed by atoms with van der Waals surface area (Å²) in [4.78, 5) is 38.6. The van der Waals surface area contributed by atoms with Gasteiger partial charge in [0.05, 0.1) is 59.5 Å². The minimum Gasteiger partial charge on any atom is -0.463 e. The fourth-order valence-electron chi connectivity index (χ4n) is 7.42. The van der Waals surface area contributed by atoms with Gasteiger partial charge in [0.1, 0.15) is 25.9 Å². The molecule has 0 aliphatic rings. The highest BCUT2D eigenvalue weighted by atomic mass is 16.6. The number of rotatable bonds is 56. The molecule has 0 aliphatic heterocycles. The molecule has 0 aromatic carbocycles. The third-order valence-electron chi connectivity index (χ3n) is 11.4. The van der Waals surface area contributed by atoms with Crippen molar-refractivity contribution in [1.82, 2.24) is 4.90 Å². The average Bonchev–Trinajstić information content (AvgIpc) is 3.34. The van der Waals surface area contributed by atoms with Crippen molar-refractivity contribution < 1.29 is 57.0 Å². The Morgan fingerprint density at radius 3 is 1.28 bits per heavy atom. The molecule has 0 amide bonds. The molecule has 13 heteroatoms. The lowest BCUT2D eigenvalue weighted by Crippen LogP contribution is -2.27. The van der Waals surface area contributed by atoms with E-state index in [0.29, 0.717) is 105 Å². The molecular weight excluding hydrogens is 879 g/mol. The molecule has 0 spiro atoms. The molecule has 0 aliphatic carbocycles. The molecule has 406 valence electrons. The highest BCUT2D eigenvalue weighted by Crippen LogP contribution is 2.11. The van der Waals surface area contributed by atoms with E-state index in [-0.39, 0.29) is 30.6 Å². The molecule has 69 heavy (non-hydrogen) atoms. The lowest BCUT2D eigenvalue weighted by atomic mass is 10.1. The summed E-state index contributed by atoms with van der Waals surface area (Å²) in [5.74, 6) is -0.395. The van der Waals surface area contributed by atoms with Gasteiger partial charge in [-0.2, -0.15) is 0 Å². The highest BCUT2D eigenvalue weighted by molar-refractivity contribution is 5.70. The van der Waals surface area contributed by atoms with Gasteiger partial charge in [0.2, 0.25) is 0 Å². The first kappa shape index (κ1) is 66.6. The molecule has 0 fully saturated rings. The summed E-state index contributed by atoms with van der Waals surface area (Å²) in [6, 6.07) is 0. The largest absolute Gasteiger partial charge is 0.463 e. The third kappa shape index (κ3) is 53.2. The maximum Gasteiger partial charge on any atom is 0.306 e. The fourth-order valence-corrected chi connectivity index (χ4v) is 7.42. The summed E-state index contributed by atoms with van der Waals surface area (Å²) in [5, 5.41) is 0. The molecule has 1 unspecified atom stereocenters. The monoisotopic (exact) mass is 984 g/mol. The third-order valence-corrected chi connectivity index (χ3v) is 11.4. The first-order valence-corrected chi connectivity index (χ1v) is 28.0. The molecule has 0 aromatic rings. The van der Waals surface area contributed by atoms with Crippen molar-refractivity contribution in [2.75, 3.05) is 112 Å². The van der Waals surface area contributed by atoms with Crippen LogP contribution in [-0.2, 0) is 57.0 Å². The molecule has 0 rings (SSSR count). The second-order valence-electron chi connectivity index (χ2n) is 18.0. The second kappa shape index (κ2) is 56.5. The summed E-state index contributed by atoms with van der Waals surface area (Å²) in [6.07, 6.45) is 35.4. The van der Waals surface area contributed by atoms with E-state index in [1.807, 2.05) is 12.2 Å². The van der Waals surface area contributed by atoms with Gasteiger partial charge in [-0.15, -0.1) is 0 Å². The van der Waals surface area contributed by atoms with Gasteiger partial charge in [-0.05, 0) is 96.7 Å². The minimum absolute atomic E-state index is 0.115. The predicted octanol–water partition coefficient (Wildman–Crippen LogP) is 12.1. The van der Waals surface area contributed by atoms with Crippen LogP contribution >= 0.6 is 0 Å². The predicted molar refractivity (Wildman–Crippen MR) is 279 cm³/mol. The summed E-state index contributed by atoms with van der Waals surface area (Å²) in [7, 11) is 0. The van der Waals surface area contributed by atoms with Gasteiger partial charge in [0.25, 0.3) is 0 Å². The normalized spacial score (nSPS) is 12.2. The van der Waals surface area contributed by atoms with E-state index in [0.717, 1.165) is 122 Å². The van der Waals surface area contributed by atoms with Gasteiger partial charge in [0.15, 0.2) is 0 Å². The Hall–Kier alpha value is -2.39. The lowest BCUT2D eigenvalue weighted by molar-refractivity contribution is -0.145. The first-order valence-electron chi connectivity index (χ1n) is 28.0. The van der Waals surface area contributed by atoms with Crippen molar-refractivity contribution in [2.45, 2.75) is 207 Å². The number of carbonyl (C=O) groups is 3. The maximum atomic E-state index is 12.1. The van der Waals surface area contributed by atoms with Crippen LogP contribution in [0, 0.1) is 0 Å². The van der Waals surface area contributed by atoms with Crippen molar-refractivity contribution in [3.8, 4) is 0 Å². The summed E-state index contributed by atoms with van der Waals surface area (Å²) in [6.45, 7) is 18.3. The zero-order chi connectivity index (χ0) is 50.2. The van der Waals surface area contributed by atoms with E-state index in [9.17, 15) is 14.4 Å². The molecule has 13 nitrogen and oxygen atoms in total. The molecule has 0 heterocycles. The number of hydrogen-bond donors (Lipinski definition) is 0. The average molecular weight is 984 g/mol. The molecule has 1 atom stereocenters. The van der Waals surface area contributed by atoms with Crippen molar-refractivity contribution in [3.05, 3.63) is 24.3 Å². The van der Waals surface area contributed by atoms with Crippen LogP contribution in [0.2, 0.25) is 0 Å². The van der Waals surface area contributed by atoms with Crippen LogP contribution in [0.3, 0.4) is 0 Å². The smallest absolute Gasteiger partial charge is 0.306 e. The Morgan fingerprint density at radius 1 is 0.362 bits per heavy atom. The van der Waals surface area contributed by atoms with Crippen LogP contribution < -0.4 is 0 Å². The van der Waals surface area contributed by atoms with Gasteiger partial charge in [-0.1, -0.05) is 129 Å². The van der Waals surface area contributed by atoms with E-state index >= 15 is 0 Å². The van der Waals surface area contributed by atoms with Crippen LogP contribution in [0.5, 0.6) is 0 Å². The molecule has 0 saturated carbocycles. The fraction of sp³-hybridized carbons (Fsp3) is 0.875. The Balaban J connectivity index is 4.20. The Morgan fingerprint density at radius 2 is 0.768 bits per heavy atom. The van der Waals surface area contributed by atoms with Crippen molar-refractivity contribution >= 4 is 17.9 Å². The van der Waals surface area contributed by atoms with Crippen molar-refractivity contribution in [3.63, 3.8) is 0 Å². The number of unbranched alkanes of at least 4 members (excludes halogenated alkanes) is 17. The zero-order valence-corrected chi connectivity index (χ0v) is 44.8. The van der Waals surface area contributed by atoms with Crippen LogP contribution in [0.4, 0.5) is 0 Å². The number of ether oxygens (including phenoxy) is 9. The van der Waals surface area contributed by atoms with Crippen LogP contribution in [0.1, 0.15) is 201 Å². The highest BCUT2D eigenvalue weighted by Gasteiger charge is 2.11. The Bertz CT molecular complexity index is 1150. The van der Waals surface area contributed by atoms with Gasteiger partial charge in [-0.25, -0.2) is 0 Å². The molecular formula is C56H105NO12.